The molecule has 3 nitrogen and oxygen atoms in total. The van der Waals surface area contributed by atoms with Gasteiger partial charge in [0.15, 0.2) is 0 Å². The van der Waals surface area contributed by atoms with E-state index in [0.717, 1.165) is 48.3 Å². The lowest BCUT2D eigenvalue weighted by Gasteiger charge is -2.31. The third-order valence-corrected chi connectivity index (χ3v) is 6.15. The summed E-state index contributed by atoms with van der Waals surface area (Å²) in [5.41, 5.74) is 2.21. The molecule has 1 atom stereocenters. The summed E-state index contributed by atoms with van der Waals surface area (Å²) in [5.74, 6) is 1.48. The molecule has 0 bridgehead atoms. The number of hydrogen-bond acceptors (Lipinski definition) is 2. The summed E-state index contributed by atoms with van der Waals surface area (Å²) in [6, 6.07) is 27.2. The zero-order valence-electron chi connectivity index (χ0n) is 18.6. The molecule has 5 rings (SSSR count). The Morgan fingerprint density at radius 3 is 2.41 bits per heavy atom. The minimum Gasteiger partial charge on any atom is -0.457 e. The molecule has 3 aromatic carbocycles. The quantitative estimate of drug-likeness (QED) is 0.310. The highest BCUT2D eigenvalue weighted by atomic mass is 19.4. The van der Waals surface area contributed by atoms with E-state index in [-0.39, 0.29) is 6.04 Å². The number of alkyl halides is 3. The predicted octanol–water partition coefficient (Wildman–Crippen LogP) is 7.29. The number of ether oxygens (including phenoxy) is 1. The van der Waals surface area contributed by atoms with Crippen LogP contribution in [0.1, 0.15) is 34.8 Å². The van der Waals surface area contributed by atoms with Crippen LogP contribution in [0.2, 0.25) is 0 Å². The Balaban J connectivity index is 1.50. The number of halogens is 3. The first-order valence-corrected chi connectivity index (χ1v) is 11.4. The zero-order valence-corrected chi connectivity index (χ0v) is 18.6. The molecule has 1 aliphatic heterocycles. The number of nitrogens with zero attached hydrogens (tertiary/aromatic N) is 2. The van der Waals surface area contributed by atoms with Gasteiger partial charge in [0.2, 0.25) is 0 Å². The SMILES string of the molecule is FC(F)(F)c1cccc(CN2CCCn3cccc3C2c2cccc(Oc3ccccc3)c2)c1. The van der Waals surface area contributed by atoms with Crippen LogP contribution >= 0.6 is 0 Å². The molecule has 0 radical (unpaired) electrons. The van der Waals surface area contributed by atoms with E-state index in [2.05, 4.69) is 27.8 Å². The van der Waals surface area contributed by atoms with Crippen molar-refractivity contribution in [2.45, 2.75) is 31.7 Å². The Morgan fingerprint density at radius 2 is 1.59 bits per heavy atom. The third-order valence-electron chi connectivity index (χ3n) is 6.15. The maximum atomic E-state index is 13.3. The lowest BCUT2D eigenvalue weighted by molar-refractivity contribution is -0.137. The van der Waals surface area contributed by atoms with Gasteiger partial charge in [-0.15, -0.1) is 0 Å². The molecule has 0 aliphatic carbocycles. The number of hydrogen-bond donors (Lipinski definition) is 0. The van der Waals surface area contributed by atoms with Crippen LogP contribution < -0.4 is 4.74 Å². The van der Waals surface area contributed by atoms with Gasteiger partial charge in [0.05, 0.1) is 11.6 Å². The first-order valence-electron chi connectivity index (χ1n) is 11.4. The molecule has 2 heterocycles. The maximum Gasteiger partial charge on any atom is 0.416 e. The minimum atomic E-state index is -4.36. The van der Waals surface area contributed by atoms with Crippen molar-refractivity contribution in [2.24, 2.45) is 0 Å². The summed E-state index contributed by atoms with van der Waals surface area (Å²) < 4.78 is 48.2. The van der Waals surface area contributed by atoms with Gasteiger partial charge in [0, 0.05) is 31.5 Å². The Kier molecular flexibility index (Phi) is 6.16. The summed E-state index contributed by atoms with van der Waals surface area (Å²) in [6.07, 6.45) is -1.37. The number of para-hydroxylation sites is 1. The lowest BCUT2D eigenvalue weighted by atomic mass is 10.0. The predicted molar refractivity (Wildman–Crippen MR) is 126 cm³/mol. The second-order valence-corrected chi connectivity index (χ2v) is 8.54. The molecule has 0 amide bonds. The van der Waals surface area contributed by atoms with Crippen LogP contribution in [0.25, 0.3) is 0 Å². The van der Waals surface area contributed by atoms with Crippen molar-refractivity contribution < 1.29 is 17.9 Å². The smallest absolute Gasteiger partial charge is 0.416 e. The van der Waals surface area contributed by atoms with Crippen LogP contribution in [0.5, 0.6) is 11.5 Å². The molecular formula is C28H25F3N2O. The van der Waals surface area contributed by atoms with Crippen LogP contribution in [0, 0.1) is 0 Å². The average molecular weight is 463 g/mol. The Bertz CT molecular complexity index is 1250. The lowest BCUT2D eigenvalue weighted by Crippen LogP contribution is -2.29. The van der Waals surface area contributed by atoms with E-state index in [9.17, 15) is 13.2 Å². The van der Waals surface area contributed by atoms with E-state index in [0.29, 0.717) is 12.1 Å². The van der Waals surface area contributed by atoms with E-state index in [1.807, 2.05) is 54.6 Å². The molecule has 1 aromatic heterocycles. The minimum absolute atomic E-state index is 0.105. The second kappa shape index (κ2) is 9.39. The van der Waals surface area contributed by atoms with Crippen LogP contribution in [-0.4, -0.2) is 16.0 Å². The van der Waals surface area contributed by atoms with Gasteiger partial charge < -0.3 is 9.30 Å². The largest absolute Gasteiger partial charge is 0.457 e. The van der Waals surface area contributed by atoms with Gasteiger partial charge in [-0.25, -0.2) is 0 Å². The van der Waals surface area contributed by atoms with Crippen molar-refractivity contribution >= 4 is 0 Å². The van der Waals surface area contributed by atoms with Gasteiger partial charge in [-0.2, -0.15) is 13.2 Å². The van der Waals surface area contributed by atoms with Crippen LogP contribution in [0.15, 0.2) is 97.2 Å². The van der Waals surface area contributed by atoms with E-state index in [4.69, 9.17) is 4.74 Å². The standard InChI is InChI=1S/C28H25F3N2O/c29-28(30,31)23-10-4-8-21(18-23)20-33-17-7-16-32-15-6-14-26(32)27(33)22-9-5-13-25(19-22)34-24-11-2-1-3-12-24/h1-6,8-15,18-19,27H,7,16-17,20H2. The molecule has 1 aliphatic rings. The van der Waals surface area contributed by atoms with Crippen molar-refractivity contribution in [1.82, 2.24) is 9.47 Å². The summed E-state index contributed by atoms with van der Waals surface area (Å²) in [7, 11) is 0. The fourth-order valence-electron chi connectivity index (χ4n) is 4.64. The van der Waals surface area contributed by atoms with E-state index in [1.54, 1.807) is 6.07 Å². The monoisotopic (exact) mass is 462 g/mol. The van der Waals surface area contributed by atoms with Gasteiger partial charge >= 0.3 is 6.18 Å². The van der Waals surface area contributed by atoms with Crippen LogP contribution in [0.4, 0.5) is 13.2 Å². The van der Waals surface area contributed by atoms with Crippen molar-refractivity contribution in [3.8, 4) is 11.5 Å². The second-order valence-electron chi connectivity index (χ2n) is 8.54. The number of fused-ring (bicyclic) bond motifs is 1. The van der Waals surface area contributed by atoms with Gasteiger partial charge in [0.1, 0.15) is 11.5 Å². The van der Waals surface area contributed by atoms with Crippen LogP contribution in [0.3, 0.4) is 0 Å². The van der Waals surface area contributed by atoms with E-state index in [1.165, 1.54) is 12.1 Å². The maximum absolute atomic E-state index is 13.3. The molecule has 6 heteroatoms. The molecular weight excluding hydrogens is 437 g/mol. The fourth-order valence-corrected chi connectivity index (χ4v) is 4.64. The van der Waals surface area contributed by atoms with Gasteiger partial charge in [0.25, 0.3) is 0 Å². The van der Waals surface area contributed by atoms with Crippen molar-refractivity contribution in [3.05, 3.63) is 120 Å². The molecule has 0 fully saturated rings. The van der Waals surface area contributed by atoms with Crippen molar-refractivity contribution in [3.63, 3.8) is 0 Å². The average Bonchev–Trinajstić information content (AvgIpc) is 3.21. The molecule has 0 saturated carbocycles. The van der Waals surface area contributed by atoms with E-state index < -0.39 is 11.7 Å². The summed E-state index contributed by atoms with van der Waals surface area (Å²) >= 11 is 0. The Labute approximate surface area is 197 Å². The molecule has 0 spiro atoms. The van der Waals surface area contributed by atoms with Crippen molar-refractivity contribution in [1.29, 1.82) is 0 Å². The number of rotatable bonds is 5. The molecule has 174 valence electrons. The van der Waals surface area contributed by atoms with Crippen LogP contribution in [-0.2, 0) is 19.3 Å². The van der Waals surface area contributed by atoms with Gasteiger partial charge in [-0.1, -0.05) is 48.5 Å². The normalized spacial score (nSPS) is 16.6. The third kappa shape index (κ3) is 4.87. The molecule has 1 unspecified atom stereocenters. The number of benzene rings is 3. The fraction of sp³-hybridized carbons (Fsp3) is 0.214. The topological polar surface area (TPSA) is 17.4 Å². The molecule has 4 aromatic rings. The Morgan fingerprint density at radius 1 is 0.794 bits per heavy atom. The first kappa shape index (κ1) is 22.3. The molecule has 34 heavy (non-hydrogen) atoms. The van der Waals surface area contributed by atoms with E-state index >= 15 is 0 Å². The highest BCUT2D eigenvalue weighted by Crippen LogP contribution is 2.36. The molecule has 0 saturated heterocycles. The van der Waals surface area contributed by atoms with Gasteiger partial charge in [-0.3, -0.25) is 4.90 Å². The highest BCUT2D eigenvalue weighted by molar-refractivity contribution is 5.38. The first-order chi connectivity index (χ1) is 16.5. The summed E-state index contributed by atoms with van der Waals surface area (Å²) in [6.45, 7) is 2.06. The zero-order chi connectivity index (χ0) is 23.5. The summed E-state index contributed by atoms with van der Waals surface area (Å²) in [5, 5.41) is 0. The summed E-state index contributed by atoms with van der Waals surface area (Å²) in [4.78, 5) is 2.26. The number of aryl methyl sites for hydroxylation is 1. The molecule has 0 N–H and O–H groups in total. The Hall–Kier alpha value is -3.51. The highest BCUT2D eigenvalue weighted by Gasteiger charge is 2.31. The van der Waals surface area contributed by atoms with Crippen molar-refractivity contribution in [2.75, 3.05) is 6.54 Å². The number of aromatic nitrogens is 1. The van der Waals surface area contributed by atoms with Gasteiger partial charge in [-0.05, 0) is 60.0 Å².